The van der Waals surface area contributed by atoms with E-state index in [0.29, 0.717) is 35.3 Å². The first-order valence-electron chi connectivity index (χ1n) is 8.71. The topological polar surface area (TPSA) is 98.3 Å². The van der Waals surface area contributed by atoms with Gasteiger partial charge in [-0.3, -0.25) is 4.98 Å². The maximum absolute atomic E-state index is 11.8. The fourth-order valence-electron chi connectivity index (χ4n) is 2.61. The number of esters is 1. The van der Waals surface area contributed by atoms with E-state index in [1.54, 1.807) is 30.6 Å². The van der Waals surface area contributed by atoms with Crippen LogP contribution in [0.1, 0.15) is 17.3 Å². The molecule has 0 radical (unpaired) electrons. The molecule has 2 N–H and O–H groups in total. The molecule has 0 bridgehead atoms. The van der Waals surface area contributed by atoms with Gasteiger partial charge in [-0.1, -0.05) is 0 Å². The second-order valence-electron chi connectivity index (χ2n) is 5.76. The highest BCUT2D eigenvalue weighted by molar-refractivity contribution is 5.93. The fraction of sp³-hybridized carbons (Fsp3) is 0.200. The Labute approximate surface area is 163 Å². The van der Waals surface area contributed by atoms with Crippen molar-refractivity contribution in [1.82, 2.24) is 15.0 Å². The van der Waals surface area contributed by atoms with Crippen molar-refractivity contribution in [3.8, 4) is 17.0 Å². The number of carbonyl (C=O) groups is 1. The van der Waals surface area contributed by atoms with Crippen LogP contribution < -0.4 is 15.4 Å². The maximum atomic E-state index is 11.8. The lowest BCUT2D eigenvalue weighted by Gasteiger charge is -2.13. The molecular formula is C20H21N5O3. The normalized spacial score (nSPS) is 10.2. The zero-order valence-electron chi connectivity index (χ0n) is 15.9. The summed E-state index contributed by atoms with van der Waals surface area (Å²) in [6.07, 6.45) is 3.43. The van der Waals surface area contributed by atoms with Gasteiger partial charge in [-0.05, 0) is 31.2 Å². The van der Waals surface area contributed by atoms with E-state index in [0.717, 1.165) is 11.3 Å². The summed E-state index contributed by atoms with van der Waals surface area (Å²) in [5, 5.41) is 6.37. The number of nitrogens with zero attached hydrogens (tertiary/aromatic N) is 3. The molecule has 3 rings (SSSR count). The highest BCUT2D eigenvalue weighted by Gasteiger charge is 2.14. The molecule has 0 aliphatic carbocycles. The number of nitrogens with one attached hydrogen (secondary N) is 2. The number of rotatable bonds is 7. The third kappa shape index (κ3) is 4.35. The van der Waals surface area contributed by atoms with Crippen LogP contribution in [0.25, 0.3) is 11.3 Å². The van der Waals surface area contributed by atoms with Crippen molar-refractivity contribution in [3.63, 3.8) is 0 Å². The predicted octanol–water partition coefficient (Wildman–Crippen LogP) is 3.51. The number of anilines is 3. The second kappa shape index (κ2) is 8.81. The van der Waals surface area contributed by atoms with E-state index in [1.165, 1.54) is 14.2 Å². The summed E-state index contributed by atoms with van der Waals surface area (Å²) in [7, 11) is 2.83. The monoisotopic (exact) mass is 379 g/mol. The van der Waals surface area contributed by atoms with Crippen LogP contribution in [-0.4, -0.2) is 41.7 Å². The Morgan fingerprint density at radius 2 is 1.86 bits per heavy atom. The minimum atomic E-state index is -0.458. The van der Waals surface area contributed by atoms with Crippen molar-refractivity contribution in [2.24, 2.45) is 0 Å². The highest BCUT2D eigenvalue weighted by atomic mass is 16.5. The first-order valence-corrected chi connectivity index (χ1v) is 8.71. The molecule has 0 unspecified atom stereocenters. The smallest absolute Gasteiger partial charge is 0.341 e. The van der Waals surface area contributed by atoms with Gasteiger partial charge < -0.3 is 20.1 Å². The molecule has 0 aliphatic rings. The number of ether oxygens (including phenoxy) is 2. The lowest BCUT2D eigenvalue weighted by atomic mass is 10.1. The zero-order valence-corrected chi connectivity index (χ0v) is 15.9. The summed E-state index contributed by atoms with van der Waals surface area (Å²) >= 11 is 0. The number of carbonyl (C=O) groups excluding carboxylic acids is 1. The van der Waals surface area contributed by atoms with E-state index >= 15 is 0 Å². The maximum Gasteiger partial charge on any atom is 0.341 e. The SMILES string of the molecule is CCNc1nc(Nc2ccc(C(=O)OC)c(OC)c2)cc(-c2ccncc2)n1. The van der Waals surface area contributed by atoms with Crippen LogP contribution in [0, 0.1) is 0 Å². The Hall–Kier alpha value is -3.68. The quantitative estimate of drug-likeness (QED) is 0.602. The van der Waals surface area contributed by atoms with E-state index in [4.69, 9.17) is 9.47 Å². The molecule has 0 saturated heterocycles. The lowest BCUT2D eigenvalue weighted by Crippen LogP contribution is -2.06. The molecule has 2 heterocycles. The molecule has 0 fully saturated rings. The van der Waals surface area contributed by atoms with Gasteiger partial charge in [0.15, 0.2) is 0 Å². The van der Waals surface area contributed by atoms with Crippen molar-refractivity contribution in [3.05, 3.63) is 54.4 Å². The summed E-state index contributed by atoms with van der Waals surface area (Å²) in [5.41, 5.74) is 2.75. The standard InChI is InChI=1S/C20H21N5O3/c1-4-22-20-24-16(13-7-9-21-10-8-13)12-18(25-20)23-14-5-6-15(19(26)28-3)17(11-14)27-2/h5-12H,4H2,1-3H3,(H2,22,23,24,25). The van der Waals surface area contributed by atoms with Gasteiger partial charge in [0.2, 0.25) is 5.95 Å². The van der Waals surface area contributed by atoms with Crippen molar-refractivity contribution in [2.75, 3.05) is 31.4 Å². The Balaban J connectivity index is 1.95. The molecule has 0 amide bonds. The summed E-state index contributed by atoms with van der Waals surface area (Å²) in [6, 6.07) is 10.7. The molecule has 8 nitrogen and oxygen atoms in total. The molecule has 0 spiro atoms. The van der Waals surface area contributed by atoms with Crippen molar-refractivity contribution in [2.45, 2.75) is 6.92 Å². The molecule has 0 saturated carbocycles. The van der Waals surface area contributed by atoms with Gasteiger partial charge in [-0.25, -0.2) is 9.78 Å². The summed E-state index contributed by atoms with van der Waals surface area (Å²) in [5.74, 6) is 1.06. The Morgan fingerprint density at radius 3 is 2.54 bits per heavy atom. The zero-order chi connectivity index (χ0) is 19.9. The van der Waals surface area contributed by atoms with Gasteiger partial charge in [0, 0.05) is 42.3 Å². The number of hydrogen-bond donors (Lipinski definition) is 2. The molecule has 8 heteroatoms. The Morgan fingerprint density at radius 1 is 1.07 bits per heavy atom. The van der Waals surface area contributed by atoms with Crippen LogP contribution in [0.3, 0.4) is 0 Å². The van der Waals surface area contributed by atoms with Crippen molar-refractivity contribution < 1.29 is 14.3 Å². The van der Waals surface area contributed by atoms with Crippen molar-refractivity contribution >= 4 is 23.4 Å². The van der Waals surface area contributed by atoms with Gasteiger partial charge >= 0.3 is 5.97 Å². The highest BCUT2D eigenvalue weighted by Crippen LogP contribution is 2.27. The molecule has 3 aromatic rings. The van der Waals surface area contributed by atoms with Crippen LogP contribution in [0.15, 0.2) is 48.8 Å². The van der Waals surface area contributed by atoms with E-state index in [2.05, 4.69) is 25.6 Å². The van der Waals surface area contributed by atoms with E-state index < -0.39 is 5.97 Å². The molecule has 144 valence electrons. The number of pyridine rings is 1. The van der Waals surface area contributed by atoms with Crippen LogP contribution in [0.2, 0.25) is 0 Å². The Bertz CT molecular complexity index is 963. The van der Waals surface area contributed by atoms with Gasteiger partial charge in [-0.15, -0.1) is 0 Å². The minimum absolute atomic E-state index is 0.351. The van der Waals surface area contributed by atoms with Gasteiger partial charge in [-0.2, -0.15) is 4.98 Å². The first kappa shape index (κ1) is 19.1. The molecule has 0 atom stereocenters. The summed E-state index contributed by atoms with van der Waals surface area (Å²) in [4.78, 5) is 24.9. The van der Waals surface area contributed by atoms with Crippen LogP contribution >= 0.6 is 0 Å². The van der Waals surface area contributed by atoms with Crippen molar-refractivity contribution in [1.29, 1.82) is 0 Å². The summed E-state index contributed by atoms with van der Waals surface area (Å²) < 4.78 is 10.1. The molecule has 2 aromatic heterocycles. The molecule has 1 aromatic carbocycles. The van der Waals surface area contributed by atoms with Crippen LogP contribution in [0.4, 0.5) is 17.5 Å². The molecular weight excluding hydrogens is 358 g/mol. The average Bonchev–Trinajstić information content (AvgIpc) is 2.73. The lowest BCUT2D eigenvalue weighted by molar-refractivity contribution is 0.0597. The third-order valence-corrected chi connectivity index (χ3v) is 3.92. The summed E-state index contributed by atoms with van der Waals surface area (Å²) in [6.45, 7) is 2.67. The average molecular weight is 379 g/mol. The number of methoxy groups -OCH3 is 2. The van der Waals surface area contributed by atoms with E-state index in [9.17, 15) is 4.79 Å². The van der Waals surface area contributed by atoms with Gasteiger partial charge in [0.1, 0.15) is 17.1 Å². The fourth-order valence-corrected chi connectivity index (χ4v) is 2.61. The number of benzene rings is 1. The van der Waals surface area contributed by atoms with E-state index in [1.807, 2.05) is 25.1 Å². The second-order valence-corrected chi connectivity index (χ2v) is 5.76. The largest absolute Gasteiger partial charge is 0.496 e. The Kier molecular flexibility index (Phi) is 6.01. The van der Waals surface area contributed by atoms with Crippen LogP contribution in [0.5, 0.6) is 5.75 Å². The molecule has 28 heavy (non-hydrogen) atoms. The first-order chi connectivity index (χ1) is 13.6. The number of hydrogen-bond acceptors (Lipinski definition) is 8. The predicted molar refractivity (Wildman–Crippen MR) is 107 cm³/mol. The van der Waals surface area contributed by atoms with E-state index in [-0.39, 0.29) is 0 Å². The number of aromatic nitrogens is 3. The minimum Gasteiger partial charge on any atom is -0.496 e. The van der Waals surface area contributed by atoms with Gasteiger partial charge in [0.05, 0.1) is 19.9 Å². The third-order valence-electron chi connectivity index (χ3n) is 3.92. The molecule has 0 aliphatic heterocycles. The van der Waals surface area contributed by atoms with Gasteiger partial charge in [0.25, 0.3) is 0 Å². The van der Waals surface area contributed by atoms with Crippen LogP contribution in [-0.2, 0) is 4.74 Å².